The molecule has 8 N–H and O–H groups in total. The van der Waals surface area contributed by atoms with E-state index in [0.29, 0.717) is 41.9 Å². The Labute approximate surface area is 231 Å². The minimum Gasteiger partial charge on any atom is -0.379 e. The molecule has 2 saturated carbocycles. The number of amides is 2. The van der Waals surface area contributed by atoms with Crippen LogP contribution in [0.15, 0.2) is 30.6 Å². The zero-order valence-electron chi connectivity index (χ0n) is 21.7. The van der Waals surface area contributed by atoms with E-state index in [-0.39, 0.29) is 29.1 Å². The van der Waals surface area contributed by atoms with Gasteiger partial charge in [-0.3, -0.25) is 9.59 Å². The number of hydrogen-bond donors (Lipinski definition) is 6. The highest BCUT2D eigenvalue weighted by molar-refractivity contribution is 6.29. The van der Waals surface area contributed by atoms with Gasteiger partial charge in [-0.15, -0.1) is 5.10 Å². The molecule has 12 nitrogen and oxygen atoms in total. The number of carbonyl (C=O) groups excluding carboxylic acids is 2. The van der Waals surface area contributed by atoms with Crippen LogP contribution in [-0.2, 0) is 4.79 Å². The standard InChI is InChI=1S/C26H35ClN10O2/c27-22-12-18(9-11-30-22)35-26(39)21-14-31-24-20(32-15-3-4-15)13-23(36-37(21)24)33-16-5-7-17(8-6-16)34-25(38)19(29)2-1-10-28/h9,11-17,19,32H,1-8,10,28-29H2,(H,33,36)(H,34,38)(H,30,35,39)/t16?,17?,19-/m1/s1. The van der Waals surface area contributed by atoms with Crippen molar-refractivity contribution in [3.63, 3.8) is 0 Å². The van der Waals surface area contributed by atoms with Crippen LogP contribution in [0, 0.1) is 0 Å². The second-order valence-corrected chi connectivity index (χ2v) is 10.7. The highest BCUT2D eigenvalue weighted by Gasteiger charge is 2.27. The molecule has 2 fully saturated rings. The topological polar surface area (TPSA) is 177 Å². The molecule has 2 amide bonds. The van der Waals surface area contributed by atoms with Gasteiger partial charge >= 0.3 is 0 Å². The van der Waals surface area contributed by atoms with E-state index in [4.69, 9.17) is 28.2 Å². The molecule has 0 aliphatic heterocycles. The summed E-state index contributed by atoms with van der Waals surface area (Å²) in [7, 11) is 0. The van der Waals surface area contributed by atoms with Crippen LogP contribution in [0.25, 0.3) is 5.65 Å². The Morgan fingerprint density at radius 2 is 1.77 bits per heavy atom. The number of nitrogens with one attached hydrogen (secondary N) is 4. The lowest BCUT2D eigenvalue weighted by atomic mass is 9.91. The van der Waals surface area contributed by atoms with Crippen molar-refractivity contribution in [3.05, 3.63) is 41.4 Å². The smallest absolute Gasteiger partial charge is 0.276 e. The van der Waals surface area contributed by atoms with E-state index in [1.165, 1.54) is 12.4 Å². The summed E-state index contributed by atoms with van der Waals surface area (Å²) in [5.41, 5.74) is 13.8. The van der Waals surface area contributed by atoms with Gasteiger partial charge in [-0.05, 0) is 70.0 Å². The Balaban J connectivity index is 1.27. The van der Waals surface area contributed by atoms with E-state index < -0.39 is 6.04 Å². The lowest BCUT2D eigenvalue weighted by Crippen LogP contribution is -2.47. The minimum atomic E-state index is -0.519. The summed E-state index contributed by atoms with van der Waals surface area (Å²) < 4.78 is 1.57. The number of rotatable bonds is 11. The third-order valence-corrected chi connectivity index (χ3v) is 7.31. The number of fused-ring (bicyclic) bond motifs is 1. The monoisotopic (exact) mass is 554 g/mol. The fourth-order valence-corrected chi connectivity index (χ4v) is 4.97. The normalized spacial score (nSPS) is 19.9. The Bertz CT molecular complexity index is 1320. The average molecular weight is 555 g/mol. The van der Waals surface area contributed by atoms with Crippen LogP contribution in [0.1, 0.15) is 61.9 Å². The van der Waals surface area contributed by atoms with Gasteiger partial charge in [-0.1, -0.05) is 11.6 Å². The molecule has 0 radical (unpaired) electrons. The second kappa shape index (κ2) is 12.1. The maximum Gasteiger partial charge on any atom is 0.276 e. The van der Waals surface area contributed by atoms with Crippen LogP contribution in [0.4, 0.5) is 17.2 Å². The first-order valence-electron chi connectivity index (χ1n) is 13.5. The van der Waals surface area contributed by atoms with Crippen LogP contribution >= 0.6 is 11.6 Å². The van der Waals surface area contributed by atoms with Crippen molar-refractivity contribution < 1.29 is 9.59 Å². The largest absolute Gasteiger partial charge is 0.379 e. The Hall–Kier alpha value is -3.48. The van der Waals surface area contributed by atoms with Gasteiger partial charge in [0, 0.05) is 36.1 Å². The van der Waals surface area contributed by atoms with Crippen LogP contribution in [0.3, 0.4) is 0 Å². The predicted octanol–water partition coefficient (Wildman–Crippen LogP) is 2.51. The fourth-order valence-electron chi connectivity index (χ4n) is 4.79. The minimum absolute atomic E-state index is 0.104. The summed E-state index contributed by atoms with van der Waals surface area (Å²) in [6.07, 6.45) is 10.00. The highest BCUT2D eigenvalue weighted by Crippen LogP contribution is 2.30. The second-order valence-electron chi connectivity index (χ2n) is 10.3. The van der Waals surface area contributed by atoms with E-state index in [2.05, 4.69) is 31.2 Å². The first-order chi connectivity index (χ1) is 18.9. The van der Waals surface area contributed by atoms with Gasteiger partial charge in [0.05, 0.1) is 17.9 Å². The van der Waals surface area contributed by atoms with Crippen LogP contribution < -0.4 is 32.7 Å². The quantitative estimate of drug-likeness (QED) is 0.194. The number of aromatic nitrogens is 4. The molecular weight excluding hydrogens is 520 g/mol. The maximum absolute atomic E-state index is 13.1. The van der Waals surface area contributed by atoms with Crippen molar-refractivity contribution in [2.75, 3.05) is 22.5 Å². The summed E-state index contributed by atoms with van der Waals surface area (Å²) in [6.45, 7) is 0.528. The number of carbonyl (C=O) groups is 2. The molecule has 3 aromatic heterocycles. The molecule has 0 spiro atoms. The molecule has 0 bridgehead atoms. The molecule has 3 aromatic rings. The number of halogens is 1. The number of anilines is 3. The van der Waals surface area contributed by atoms with Gasteiger partial charge in [-0.25, -0.2) is 14.5 Å². The van der Waals surface area contributed by atoms with Crippen molar-refractivity contribution in [2.45, 2.75) is 75.5 Å². The third kappa shape index (κ3) is 6.94. The fraction of sp³-hybridized carbons (Fsp3) is 0.500. The van der Waals surface area contributed by atoms with Gasteiger partial charge < -0.3 is 32.7 Å². The Morgan fingerprint density at radius 1 is 1.05 bits per heavy atom. The summed E-state index contributed by atoms with van der Waals surface area (Å²) in [6, 6.07) is 5.36. The molecule has 1 atom stereocenters. The molecule has 0 saturated heterocycles. The maximum atomic E-state index is 13.1. The highest BCUT2D eigenvalue weighted by atomic mass is 35.5. The van der Waals surface area contributed by atoms with Gasteiger partial charge in [-0.2, -0.15) is 0 Å². The van der Waals surface area contributed by atoms with E-state index in [0.717, 1.165) is 50.6 Å². The molecule has 13 heteroatoms. The number of hydrogen-bond acceptors (Lipinski definition) is 9. The van der Waals surface area contributed by atoms with E-state index >= 15 is 0 Å². The number of nitrogens with two attached hydrogens (primary N) is 2. The van der Waals surface area contributed by atoms with E-state index in [9.17, 15) is 9.59 Å². The summed E-state index contributed by atoms with van der Waals surface area (Å²) in [5.74, 6) is 0.191. The van der Waals surface area contributed by atoms with Gasteiger partial charge in [0.2, 0.25) is 5.91 Å². The third-order valence-electron chi connectivity index (χ3n) is 7.10. The number of nitrogens with zero attached hydrogens (tertiary/aromatic N) is 4. The van der Waals surface area contributed by atoms with Crippen molar-refractivity contribution in [1.82, 2.24) is 24.9 Å². The number of imidazole rings is 1. The van der Waals surface area contributed by atoms with Gasteiger partial charge in [0.1, 0.15) is 11.0 Å². The molecule has 208 valence electrons. The molecule has 0 unspecified atom stereocenters. The summed E-state index contributed by atoms with van der Waals surface area (Å²) >= 11 is 5.96. The van der Waals surface area contributed by atoms with Crippen molar-refractivity contribution in [2.24, 2.45) is 11.5 Å². The van der Waals surface area contributed by atoms with E-state index in [1.54, 1.807) is 16.6 Å². The zero-order valence-corrected chi connectivity index (χ0v) is 22.5. The first kappa shape index (κ1) is 27.1. The Kier molecular flexibility index (Phi) is 8.44. The zero-order chi connectivity index (χ0) is 27.4. The molecule has 39 heavy (non-hydrogen) atoms. The SMILES string of the molecule is NCCC[C@@H](N)C(=O)NC1CCC(Nc2cc(NC3CC3)c3ncc(C(=O)Nc4ccnc(Cl)c4)n3n2)CC1. The van der Waals surface area contributed by atoms with Gasteiger partial charge in [0.15, 0.2) is 11.3 Å². The summed E-state index contributed by atoms with van der Waals surface area (Å²) in [4.78, 5) is 33.9. The number of pyridine rings is 1. The van der Waals surface area contributed by atoms with E-state index in [1.807, 2.05) is 6.07 Å². The molecule has 0 aromatic carbocycles. The first-order valence-corrected chi connectivity index (χ1v) is 13.9. The molecule has 3 heterocycles. The van der Waals surface area contributed by atoms with Gasteiger partial charge in [0.25, 0.3) is 5.91 Å². The van der Waals surface area contributed by atoms with Crippen molar-refractivity contribution in [3.8, 4) is 0 Å². The Morgan fingerprint density at radius 3 is 2.49 bits per heavy atom. The lowest BCUT2D eigenvalue weighted by molar-refractivity contribution is -0.123. The summed E-state index contributed by atoms with van der Waals surface area (Å²) in [5, 5.41) is 18.0. The molecule has 2 aliphatic rings. The predicted molar refractivity (Wildman–Crippen MR) is 151 cm³/mol. The van der Waals surface area contributed by atoms with Crippen molar-refractivity contribution >= 4 is 46.3 Å². The van der Waals surface area contributed by atoms with Crippen LogP contribution in [0.5, 0.6) is 0 Å². The molecule has 5 rings (SSSR count). The molecular formula is C26H35ClN10O2. The lowest BCUT2D eigenvalue weighted by Gasteiger charge is -2.30. The van der Waals surface area contributed by atoms with Crippen molar-refractivity contribution in [1.29, 1.82) is 0 Å². The average Bonchev–Trinajstić information content (AvgIpc) is 3.63. The van der Waals surface area contributed by atoms with Crippen LogP contribution in [0.2, 0.25) is 5.15 Å². The molecule has 2 aliphatic carbocycles. The van der Waals surface area contributed by atoms with Crippen LogP contribution in [-0.4, -0.2) is 62.1 Å².